The molecule has 0 bridgehead atoms. The lowest BCUT2D eigenvalue weighted by Gasteiger charge is -2.18. The van der Waals surface area contributed by atoms with Gasteiger partial charge in [-0.1, -0.05) is 278 Å². The number of carbonyl (C=O) groups excluding carboxylic acids is 3. The first-order chi connectivity index (χ1) is 36.5. The van der Waals surface area contributed by atoms with E-state index < -0.39 is 6.10 Å². The highest BCUT2D eigenvalue weighted by Crippen LogP contribution is 2.16. The van der Waals surface area contributed by atoms with Crippen molar-refractivity contribution < 1.29 is 28.6 Å². The van der Waals surface area contributed by atoms with Gasteiger partial charge in [0.1, 0.15) is 13.2 Å². The highest BCUT2D eigenvalue weighted by Gasteiger charge is 2.19. The Morgan fingerprint density at radius 3 is 0.932 bits per heavy atom. The molecule has 0 aromatic carbocycles. The number of unbranched alkanes of at least 4 members (excludes halogenated alkanes) is 26. The van der Waals surface area contributed by atoms with Crippen LogP contribution in [0.25, 0.3) is 0 Å². The van der Waals surface area contributed by atoms with Gasteiger partial charge in [0.15, 0.2) is 6.10 Å². The third kappa shape index (κ3) is 59.0. The van der Waals surface area contributed by atoms with Crippen molar-refractivity contribution in [3.8, 4) is 0 Å². The Kier molecular flexibility index (Phi) is 58.3. The number of ether oxygens (including phenoxy) is 3. The average molecular weight is 1030 g/mol. The van der Waals surface area contributed by atoms with Gasteiger partial charge in [-0.15, -0.1) is 0 Å². The molecule has 0 saturated heterocycles. The topological polar surface area (TPSA) is 78.9 Å². The number of allylic oxidation sites excluding steroid dienone is 18. The minimum Gasteiger partial charge on any atom is -0.462 e. The molecule has 74 heavy (non-hydrogen) atoms. The van der Waals surface area contributed by atoms with Crippen molar-refractivity contribution in [2.45, 2.75) is 290 Å². The van der Waals surface area contributed by atoms with Gasteiger partial charge in [-0.2, -0.15) is 0 Å². The van der Waals surface area contributed by atoms with Gasteiger partial charge in [0.25, 0.3) is 0 Å². The zero-order valence-electron chi connectivity index (χ0n) is 48.3. The lowest BCUT2D eigenvalue weighted by atomic mass is 10.0. The molecule has 1 atom stereocenters. The van der Waals surface area contributed by atoms with Gasteiger partial charge in [-0.25, -0.2) is 0 Å². The lowest BCUT2D eigenvalue weighted by Crippen LogP contribution is -2.30. The fraction of sp³-hybridized carbons (Fsp3) is 0.691. The van der Waals surface area contributed by atoms with Crippen molar-refractivity contribution >= 4 is 17.9 Å². The molecule has 0 heterocycles. The van der Waals surface area contributed by atoms with Crippen molar-refractivity contribution in [3.05, 3.63) is 109 Å². The van der Waals surface area contributed by atoms with Gasteiger partial charge in [-0.3, -0.25) is 14.4 Å². The van der Waals surface area contributed by atoms with Gasteiger partial charge in [0.05, 0.1) is 0 Å². The SMILES string of the molecule is CC/C=C\C/C=C\C/C=C\C/C=C\C/C=C\C/C=C\C/C=C\CCCC(=O)OCC(COC(=O)CCCCCCC/C=C\C/C=C\CCC)OC(=O)CCCCCCCCCCCCCCCCCCCCCC. The van der Waals surface area contributed by atoms with Crippen LogP contribution in [-0.4, -0.2) is 37.2 Å². The van der Waals surface area contributed by atoms with Crippen LogP contribution in [0.5, 0.6) is 0 Å². The quantitative estimate of drug-likeness (QED) is 0.0261. The second-order valence-electron chi connectivity index (χ2n) is 20.2. The molecule has 6 nitrogen and oxygen atoms in total. The molecule has 0 aliphatic rings. The Morgan fingerprint density at radius 1 is 0.284 bits per heavy atom. The Bertz CT molecular complexity index is 1510. The molecule has 0 aromatic rings. The Balaban J connectivity index is 4.45. The summed E-state index contributed by atoms with van der Waals surface area (Å²) in [5, 5.41) is 0. The third-order valence-corrected chi connectivity index (χ3v) is 13.0. The third-order valence-electron chi connectivity index (χ3n) is 13.0. The summed E-state index contributed by atoms with van der Waals surface area (Å²) in [5.41, 5.74) is 0. The van der Waals surface area contributed by atoms with Gasteiger partial charge in [0.2, 0.25) is 0 Å². The van der Waals surface area contributed by atoms with E-state index in [9.17, 15) is 14.4 Å². The molecule has 0 fully saturated rings. The first kappa shape index (κ1) is 70.1. The summed E-state index contributed by atoms with van der Waals surface area (Å²) in [5.74, 6) is -0.971. The van der Waals surface area contributed by atoms with Crippen molar-refractivity contribution in [2.75, 3.05) is 13.2 Å². The Hall–Kier alpha value is -3.93. The van der Waals surface area contributed by atoms with Gasteiger partial charge < -0.3 is 14.2 Å². The highest BCUT2D eigenvalue weighted by molar-refractivity contribution is 5.71. The van der Waals surface area contributed by atoms with Crippen molar-refractivity contribution in [3.63, 3.8) is 0 Å². The van der Waals surface area contributed by atoms with E-state index in [2.05, 4.69) is 130 Å². The molecule has 0 N–H and O–H groups in total. The van der Waals surface area contributed by atoms with Crippen LogP contribution in [0.15, 0.2) is 109 Å². The molecule has 0 saturated carbocycles. The fourth-order valence-electron chi connectivity index (χ4n) is 8.41. The van der Waals surface area contributed by atoms with E-state index in [-0.39, 0.29) is 37.5 Å². The van der Waals surface area contributed by atoms with E-state index in [1.807, 2.05) is 0 Å². The average Bonchev–Trinajstić information content (AvgIpc) is 3.40. The number of rotatable bonds is 55. The molecule has 0 aromatic heterocycles. The zero-order chi connectivity index (χ0) is 53.6. The first-order valence-electron chi connectivity index (χ1n) is 30.9. The maximum atomic E-state index is 12.9. The summed E-state index contributed by atoms with van der Waals surface area (Å²) in [6.45, 7) is 6.42. The lowest BCUT2D eigenvalue weighted by molar-refractivity contribution is -0.167. The second kappa shape index (κ2) is 61.6. The summed E-state index contributed by atoms with van der Waals surface area (Å²) in [6, 6.07) is 0. The maximum absolute atomic E-state index is 12.9. The molecule has 0 aliphatic heterocycles. The molecule has 0 aliphatic carbocycles. The molecule has 0 radical (unpaired) electrons. The molecule has 0 rings (SSSR count). The van der Waals surface area contributed by atoms with E-state index in [1.54, 1.807) is 0 Å². The van der Waals surface area contributed by atoms with Crippen LogP contribution < -0.4 is 0 Å². The minimum atomic E-state index is -0.808. The number of hydrogen-bond donors (Lipinski definition) is 0. The molecule has 1 unspecified atom stereocenters. The van der Waals surface area contributed by atoms with Gasteiger partial charge >= 0.3 is 17.9 Å². The van der Waals surface area contributed by atoms with E-state index in [1.165, 1.54) is 116 Å². The summed E-state index contributed by atoms with van der Waals surface area (Å²) in [6.07, 6.45) is 83.8. The minimum absolute atomic E-state index is 0.103. The van der Waals surface area contributed by atoms with Crippen LogP contribution in [0, 0.1) is 0 Å². The van der Waals surface area contributed by atoms with Crippen LogP contribution in [0.1, 0.15) is 284 Å². The molecule has 0 amide bonds. The number of carbonyl (C=O) groups is 3. The van der Waals surface area contributed by atoms with E-state index in [0.717, 1.165) is 122 Å². The Labute approximate surface area is 457 Å². The van der Waals surface area contributed by atoms with E-state index in [4.69, 9.17) is 14.2 Å². The molecule has 6 heteroatoms. The highest BCUT2D eigenvalue weighted by atomic mass is 16.6. The second-order valence-corrected chi connectivity index (χ2v) is 20.2. The van der Waals surface area contributed by atoms with Crippen LogP contribution in [0.4, 0.5) is 0 Å². The summed E-state index contributed by atoms with van der Waals surface area (Å²) < 4.78 is 16.8. The van der Waals surface area contributed by atoms with Crippen LogP contribution in [0.3, 0.4) is 0 Å². The largest absolute Gasteiger partial charge is 0.462 e. The van der Waals surface area contributed by atoms with E-state index in [0.29, 0.717) is 19.3 Å². The fourth-order valence-corrected chi connectivity index (χ4v) is 8.41. The zero-order valence-corrected chi connectivity index (χ0v) is 48.3. The smallest absolute Gasteiger partial charge is 0.306 e. The van der Waals surface area contributed by atoms with Gasteiger partial charge in [0, 0.05) is 19.3 Å². The number of esters is 3. The maximum Gasteiger partial charge on any atom is 0.306 e. The van der Waals surface area contributed by atoms with Crippen LogP contribution >= 0.6 is 0 Å². The normalized spacial score (nSPS) is 12.9. The van der Waals surface area contributed by atoms with Crippen LogP contribution in [-0.2, 0) is 28.6 Å². The summed E-state index contributed by atoms with van der Waals surface area (Å²) >= 11 is 0. The molecular weight excluding hydrogens is 913 g/mol. The molecule has 0 spiro atoms. The first-order valence-corrected chi connectivity index (χ1v) is 30.9. The predicted octanol–water partition coefficient (Wildman–Crippen LogP) is 21.0. The summed E-state index contributed by atoms with van der Waals surface area (Å²) in [7, 11) is 0. The standard InChI is InChI=1S/C68H114O6/c1-4-7-10-13-16-19-22-25-27-29-31-33-34-35-37-38-40-43-46-49-52-55-58-61-67(70)73-64-65(63-72-66(69)60-57-54-51-48-45-42-24-21-18-15-12-9-6-3)74-68(71)62-59-56-53-50-47-44-41-39-36-32-30-28-26-23-20-17-14-11-8-5-2/h7,10,12,15-16,19,21,24-25,27,31,33,35,37,40,43,49,52,65H,4-6,8-9,11,13-14,17-18,20,22-23,26,28-30,32,34,36,38-39,41-42,44-48,50-51,53-64H2,1-3H3/b10-7-,15-12-,19-16-,24-21-,27-25-,33-31-,37-35-,43-40-,52-49-. The molecule has 422 valence electrons. The monoisotopic (exact) mass is 1030 g/mol. The van der Waals surface area contributed by atoms with Crippen molar-refractivity contribution in [1.29, 1.82) is 0 Å². The van der Waals surface area contributed by atoms with Crippen LogP contribution in [0.2, 0.25) is 0 Å². The summed E-state index contributed by atoms with van der Waals surface area (Å²) in [4.78, 5) is 38.2. The predicted molar refractivity (Wildman–Crippen MR) is 320 cm³/mol. The molecular formula is C68H114O6. The van der Waals surface area contributed by atoms with Crippen molar-refractivity contribution in [1.82, 2.24) is 0 Å². The number of hydrogen-bond acceptors (Lipinski definition) is 6. The Morgan fingerprint density at radius 2 is 0.568 bits per heavy atom. The van der Waals surface area contributed by atoms with Gasteiger partial charge in [-0.05, 0) is 96.3 Å². The van der Waals surface area contributed by atoms with E-state index >= 15 is 0 Å². The van der Waals surface area contributed by atoms with Crippen molar-refractivity contribution in [2.24, 2.45) is 0 Å².